The highest BCUT2D eigenvalue weighted by Crippen LogP contribution is 2.22. The zero-order valence-corrected chi connectivity index (χ0v) is 12.2. The van der Waals surface area contributed by atoms with Crippen LogP contribution in [0.5, 0.6) is 0 Å². The van der Waals surface area contributed by atoms with Crippen molar-refractivity contribution in [3.63, 3.8) is 0 Å². The molecular weight excluding hydrogens is 299 g/mol. The molecule has 1 amide bonds. The molecule has 104 valence electrons. The average molecular weight is 311 g/mol. The second-order valence-corrected chi connectivity index (χ2v) is 4.81. The van der Waals surface area contributed by atoms with Gasteiger partial charge in [0.15, 0.2) is 0 Å². The summed E-state index contributed by atoms with van der Waals surface area (Å²) >= 11 is 11.7. The molecule has 0 atom stereocenters. The Balaban J connectivity index is 2.17. The first-order valence-electron chi connectivity index (χ1n) is 5.92. The van der Waals surface area contributed by atoms with Gasteiger partial charge < -0.3 is 10.6 Å². The number of rotatable bonds is 4. The topological polar surface area (TPSA) is 66.9 Å². The third kappa shape index (κ3) is 3.82. The quantitative estimate of drug-likeness (QED) is 0.907. The van der Waals surface area contributed by atoms with Gasteiger partial charge in [0.2, 0.25) is 0 Å². The number of carbonyl (C=O) groups excluding carboxylic acids is 1. The second kappa shape index (κ2) is 6.54. The fraction of sp³-hybridized carbons (Fsp3) is 0.154. The van der Waals surface area contributed by atoms with Gasteiger partial charge in [-0.05, 0) is 25.1 Å². The van der Waals surface area contributed by atoms with Crippen molar-refractivity contribution < 1.29 is 4.79 Å². The maximum Gasteiger partial charge on any atom is 0.275 e. The molecule has 0 radical (unpaired) electrons. The molecule has 0 saturated heterocycles. The van der Waals surface area contributed by atoms with Crippen molar-refractivity contribution in [2.24, 2.45) is 0 Å². The van der Waals surface area contributed by atoms with E-state index in [1.807, 2.05) is 6.92 Å². The van der Waals surface area contributed by atoms with E-state index in [2.05, 4.69) is 20.6 Å². The van der Waals surface area contributed by atoms with Gasteiger partial charge in [-0.3, -0.25) is 9.78 Å². The molecule has 0 spiro atoms. The maximum absolute atomic E-state index is 12.1. The molecule has 2 rings (SSSR count). The summed E-state index contributed by atoms with van der Waals surface area (Å²) in [6.07, 6.45) is 2.94. The third-order valence-electron chi connectivity index (χ3n) is 2.35. The molecule has 0 fully saturated rings. The summed E-state index contributed by atoms with van der Waals surface area (Å²) in [5, 5.41) is 6.55. The number of amides is 1. The maximum atomic E-state index is 12.1. The first-order valence-corrected chi connectivity index (χ1v) is 6.67. The van der Waals surface area contributed by atoms with E-state index >= 15 is 0 Å². The molecule has 0 aliphatic rings. The Hall–Kier alpha value is -1.85. The Kier molecular flexibility index (Phi) is 4.76. The molecule has 20 heavy (non-hydrogen) atoms. The number of benzene rings is 1. The van der Waals surface area contributed by atoms with E-state index in [-0.39, 0.29) is 11.6 Å². The first-order chi connectivity index (χ1) is 9.58. The van der Waals surface area contributed by atoms with E-state index in [1.54, 1.807) is 24.4 Å². The van der Waals surface area contributed by atoms with Crippen molar-refractivity contribution in [3.8, 4) is 0 Å². The van der Waals surface area contributed by atoms with E-state index in [1.165, 1.54) is 6.20 Å². The summed E-state index contributed by atoms with van der Waals surface area (Å²) in [6, 6.07) is 4.80. The van der Waals surface area contributed by atoms with Gasteiger partial charge in [-0.1, -0.05) is 23.2 Å². The van der Waals surface area contributed by atoms with Gasteiger partial charge in [0.1, 0.15) is 11.5 Å². The van der Waals surface area contributed by atoms with Gasteiger partial charge in [0.05, 0.1) is 12.4 Å². The van der Waals surface area contributed by atoms with Crippen LogP contribution in [0.4, 0.5) is 11.5 Å². The van der Waals surface area contributed by atoms with Crippen LogP contribution in [0.25, 0.3) is 0 Å². The van der Waals surface area contributed by atoms with Crippen LogP contribution < -0.4 is 10.6 Å². The molecule has 2 aromatic rings. The highest BCUT2D eigenvalue weighted by atomic mass is 35.5. The Bertz CT molecular complexity index is 613. The van der Waals surface area contributed by atoms with Crippen LogP contribution in [-0.2, 0) is 0 Å². The van der Waals surface area contributed by atoms with Gasteiger partial charge >= 0.3 is 0 Å². The predicted molar refractivity (Wildman–Crippen MR) is 80.6 cm³/mol. The van der Waals surface area contributed by atoms with Crippen molar-refractivity contribution in [1.29, 1.82) is 0 Å². The lowest BCUT2D eigenvalue weighted by atomic mass is 10.3. The number of hydrogen-bond acceptors (Lipinski definition) is 4. The molecule has 2 N–H and O–H groups in total. The Morgan fingerprint density at radius 2 is 1.90 bits per heavy atom. The lowest BCUT2D eigenvalue weighted by molar-refractivity contribution is 0.102. The summed E-state index contributed by atoms with van der Waals surface area (Å²) in [5.74, 6) is 0.167. The molecule has 0 unspecified atom stereocenters. The van der Waals surface area contributed by atoms with Crippen LogP contribution in [0.2, 0.25) is 10.0 Å². The number of nitrogens with zero attached hydrogens (tertiary/aromatic N) is 2. The van der Waals surface area contributed by atoms with Crippen LogP contribution in [0, 0.1) is 0 Å². The smallest absolute Gasteiger partial charge is 0.275 e. The van der Waals surface area contributed by atoms with Gasteiger partial charge in [0.25, 0.3) is 5.91 Å². The van der Waals surface area contributed by atoms with Gasteiger partial charge in [-0.25, -0.2) is 4.98 Å². The number of nitrogens with one attached hydrogen (secondary N) is 2. The Morgan fingerprint density at radius 3 is 2.55 bits per heavy atom. The highest BCUT2D eigenvalue weighted by Gasteiger charge is 2.10. The number of hydrogen-bond donors (Lipinski definition) is 2. The van der Waals surface area contributed by atoms with Gasteiger partial charge in [0, 0.05) is 22.3 Å². The molecule has 1 heterocycles. The molecule has 1 aromatic carbocycles. The van der Waals surface area contributed by atoms with Crippen LogP contribution in [0.3, 0.4) is 0 Å². The highest BCUT2D eigenvalue weighted by molar-refractivity contribution is 6.35. The normalized spacial score (nSPS) is 10.2. The minimum atomic E-state index is -0.379. The number of anilines is 2. The average Bonchev–Trinajstić information content (AvgIpc) is 2.38. The van der Waals surface area contributed by atoms with Crippen LogP contribution in [-0.4, -0.2) is 22.4 Å². The molecule has 7 heteroatoms. The first kappa shape index (κ1) is 14.6. The molecule has 5 nitrogen and oxygen atoms in total. The van der Waals surface area contributed by atoms with E-state index in [4.69, 9.17) is 23.2 Å². The summed E-state index contributed by atoms with van der Waals surface area (Å²) in [6.45, 7) is 2.63. The van der Waals surface area contributed by atoms with E-state index in [9.17, 15) is 4.79 Å². The predicted octanol–water partition coefficient (Wildman–Crippen LogP) is 3.47. The fourth-order valence-electron chi connectivity index (χ4n) is 1.56. The van der Waals surface area contributed by atoms with Crippen LogP contribution in [0.1, 0.15) is 17.4 Å². The molecular formula is C13H12Cl2N4O. The summed E-state index contributed by atoms with van der Waals surface area (Å²) in [4.78, 5) is 20.2. The van der Waals surface area contributed by atoms with Crippen molar-refractivity contribution in [2.45, 2.75) is 6.92 Å². The van der Waals surface area contributed by atoms with E-state index in [0.29, 0.717) is 28.1 Å². The Morgan fingerprint density at radius 1 is 1.20 bits per heavy atom. The second-order valence-electron chi connectivity index (χ2n) is 3.93. The number of halogens is 2. The van der Waals surface area contributed by atoms with Crippen molar-refractivity contribution in [2.75, 3.05) is 17.2 Å². The zero-order valence-electron chi connectivity index (χ0n) is 10.7. The summed E-state index contributed by atoms with van der Waals surface area (Å²) in [5.41, 5.74) is 0.711. The lowest BCUT2D eigenvalue weighted by Crippen LogP contribution is -2.15. The molecule has 0 aliphatic carbocycles. The van der Waals surface area contributed by atoms with Gasteiger partial charge in [-0.2, -0.15) is 0 Å². The van der Waals surface area contributed by atoms with Crippen molar-refractivity contribution in [1.82, 2.24) is 9.97 Å². The van der Waals surface area contributed by atoms with E-state index in [0.717, 1.165) is 0 Å². The SMILES string of the molecule is CCNc1cncc(C(=O)Nc2cc(Cl)cc(Cl)c2)n1. The van der Waals surface area contributed by atoms with Crippen LogP contribution >= 0.6 is 23.2 Å². The van der Waals surface area contributed by atoms with Gasteiger partial charge in [-0.15, -0.1) is 0 Å². The number of carbonyl (C=O) groups is 1. The van der Waals surface area contributed by atoms with Crippen molar-refractivity contribution in [3.05, 3.63) is 46.3 Å². The lowest BCUT2D eigenvalue weighted by Gasteiger charge is -2.07. The fourth-order valence-corrected chi connectivity index (χ4v) is 2.09. The largest absolute Gasteiger partial charge is 0.369 e. The number of aromatic nitrogens is 2. The summed E-state index contributed by atoms with van der Waals surface area (Å²) < 4.78 is 0. The standard InChI is InChI=1S/C13H12Cl2N4O/c1-2-17-12-7-16-6-11(19-12)13(20)18-10-4-8(14)3-9(15)5-10/h3-7H,2H2,1H3,(H,17,19)(H,18,20). The molecule has 0 saturated carbocycles. The third-order valence-corrected chi connectivity index (χ3v) is 2.78. The summed E-state index contributed by atoms with van der Waals surface area (Å²) in [7, 11) is 0. The molecule has 0 bridgehead atoms. The van der Waals surface area contributed by atoms with Crippen molar-refractivity contribution >= 4 is 40.6 Å². The van der Waals surface area contributed by atoms with Crippen LogP contribution in [0.15, 0.2) is 30.6 Å². The zero-order chi connectivity index (χ0) is 14.5. The minimum absolute atomic E-state index is 0.208. The minimum Gasteiger partial charge on any atom is -0.369 e. The monoisotopic (exact) mass is 310 g/mol. The molecule has 1 aromatic heterocycles. The Labute approximate surface area is 126 Å². The van der Waals surface area contributed by atoms with E-state index < -0.39 is 0 Å². The molecule has 0 aliphatic heterocycles.